The van der Waals surface area contributed by atoms with Gasteiger partial charge in [-0.05, 0) is 43.1 Å². The van der Waals surface area contributed by atoms with Crippen molar-refractivity contribution in [3.05, 3.63) is 52.6 Å². The average Bonchev–Trinajstić information content (AvgIpc) is 2.83. The molecule has 2 aromatic rings. The molecule has 0 spiro atoms. The van der Waals surface area contributed by atoms with Crippen molar-refractivity contribution in [1.29, 1.82) is 0 Å². The smallest absolute Gasteiger partial charge is 0.141 e. The fraction of sp³-hybridized carbons (Fsp3) is 0.400. The molecule has 1 unspecified atom stereocenters. The minimum absolute atomic E-state index is 0.160. The molecular formula is C15H19ClFN3. The molecule has 0 amide bonds. The number of aromatic nitrogens is 2. The molecule has 0 bridgehead atoms. The number of rotatable bonds is 6. The molecule has 5 heteroatoms. The van der Waals surface area contributed by atoms with E-state index in [0.717, 1.165) is 24.9 Å². The van der Waals surface area contributed by atoms with Gasteiger partial charge in [0.2, 0.25) is 0 Å². The molecule has 1 atom stereocenters. The third-order valence-electron chi connectivity index (χ3n) is 3.41. The number of aryl methyl sites for hydroxylation is 2. The van der Waals surface area contributed by atoms with Crippen LogP contribution < -0.4 is 5.32 Å². The van der Waals surface area contributed by atoms with Gasteiger partial charge in [0.25, 0.3) is 0 Å². The molecule has 0 aliphatic rings. The maximum atomic E-state index is 13.2. The Morgan fingerprint density at radius 1 is 1.40 bits per heavy atom. The largest absolute Gasteiger partial charge is 0.310 e. The minimum Gasteiger partial charge on any atom is -0.310 e. The van der Waals surface area contributed by atoms with Crippen LogP contribution in [0.3, 0.4) is 0 Å². The van der Waals surface area contributed by atoms with Crippen molar-refractivity contribution in [2.75, 3.05) is 6.54 Å². The molecule has 108 valence electrons. The highest BCUT2D eigenvalue weighted by atomic mass is 35.5. The lowest BCUT2D eigenvalue weighted by Gasteiger charge is -2.18. The van der Waals surface area contributed by atoms with Gasteiger partial charge in [-0.1, -0.05) is 24.6 Å². The summed E-state index contributed by atoms with van der Waals surface area (Å²) in [5, 5.41) is 7.75. The lowest BCUT2D eigenvalue weighted by molar-refractivity contribution is 0.505. The van der Waals surface area contributed by atoms with Gasteiger partial charge in [0.1, 0.15) is 5.82 Å². The van der Waals surface area contributed by atoms with Gasteiger partial charge < -0.3 is 5.32 Å². The van der Waals surface area contributed by atoms with Crippen molar-refractivity contribution in [3.63, 3.8) is 0 Å². The number of halogens is 2. The average molecular weight is 296 g/mol. The molecule has 0 aliphatic heterocycles. The van der Waals surface area contributed by atoms with E-state index in [9.17, 15) is 4.39 Å². The molecule has 20 heavy (non-hydrogen) atoms. The molecule has 0 radical (unpaired) electrons. The van der Waals surface area contributed by atoms with E-state index < -0.39 is 0 Å². The highest BCUT2D eigenvalue weighted by Crippen LogP contribution is 2.24. The monoisotopic (exact) mass is 295 g/mol. The van der Waals surface area contributed by atoms with Crippen molar-refractivity contribution in [2.45, 2.75) is 25.8 Å². The second kappa shape index (κ2) is 6.86. The summed E-state index contributed by atoms with van der Waals surface area (Å²) in [6, 6.07) is 7.09. The van der Waals surface area contributed by atoms with E-state index in [2.05, 4.69) is 17.3 Å². The predicted molar refractivity (Wildman–Crippen MR) is 79.4 cm³/mol. The van der Waals surface area contributed by atoms with Gasteiger partial charge in [-0.15, -0.1) is 0 Å². The van der Waals surface area contributed by atoms with Crippen molar-refractivity contribution in [3.8, 4) is 0 Å². The summed E-state index contributed by atoms with van der Waals surface area (Å²) in [6.07, 6.45) is 3.62. The van der Waals surface area contributed by atoms with E-state index in [4.69, 9.17) is 11.6 Å². The predicted octanol–water partition coefficient (Wildman–Crippen LogP) is 3.50. The third kappa shape index (κ3) is 3.58. The summed E-state index contributed by atoms with van der Waals surface area (Å²) in [7, 11) is 1.94. The van der Waals surface area contributed by atoms with Crippen molar-refractivity contribution < 1.29 is 4.39 Å². The van der Waals surface area contributed by atoms with Crippen molar-refractivity contribution in [1.82, 2.24) is 15.1 Å². The van der Waals surface area contributed by atoms with Gasteiger partial charge in [-0.25, -0.2) is 4.39 Å². The molecule has 1 heterocycles. The molecule has 3 nitrogen and oxygen atoms in total. The maximum absolute atomic E-state index is 13.2. The van der Waals surface area contributed by atoms with Gasteiger partial charge in [0, 0.05) is 25.0 Å². The van der Waals surface area contributed by atoms with Gasteiger partial charge in [0.15, 0.2) is 0 Å². The van der Waals surface area contributed by atoms with E-state index in [0.29, 0.717) is 0 Å². The number of hydrogen-bond acceptors (Lipinski definition) is 2. The van der Waals surface area contributed by atoms with Gasteiger partial charge >= 0.3 is 0 Å². The summed E-state index contributed by atoms with van der Waals surface area (Å²) in [5.74, 6) is -0.378. The summed E-state index contributed by atoms with van der Waals surface area (Å²) >= 11 is 5.87. The number of nitrogens with zero attached hydrogens (tertiary/aromatic N) is 2. The molecule has 1 N–H and O–H groups in total. The number of nitrogens with one attached hydrogen (secondary N) is 1. The van der Waals surface area contributed by atoms with Crippen LogP contribution in [-0.2, 0) is 13.5 Å². The first-order chi connectivity index (χ1) is 9.61. The Balaban J connectivity index is 2.10. The fourth-order valence-electron chi connectivity index (χ4n) is 2.30. The van der Waals surface area contributed by atoms with Crippen LogP contribution in [0, 0.1) is 5.82 Å². The van der Waals surface area contributed by atoms with Crippen LogP contribution in [0.2, 0.25) is 5.02 Å². The van der Waals surface area contributed by atoms with Gasteiger partial charge in [-0.2, -0.15) is 5.10 Å². The van der Waals surface area contributed by atoms with E-state index in [1.165, 1.54) is 11.8 Å². The standard InChI is InChI=1S/C15H19ClFN3/c1-3-18-15(7-5-12-8-9-19-20(12)2)11-4-6-14(17)13(16)10-11/h4,6,8-10,15,18H,3,5,7H2,1-2H3. The SMILES string of the molecule is CCNC(CCc1ccnn1C)c1ccc(F)c(Cl)c1. The number of hydrogen-bond donors (Lipinski definition) is 1. The van der Waals surface area contributed by atoms with E-state index in [-0.39, 0.29) is 16.9 Å². The van der Waals surface area contributed by atoms with Crippen molar-refractivity contribution in [2.24, 2.45) is 7.05 Å². The van der Waals surface area contributed by atoms with E-state index in [1.54, 1.807) is 18.3 Å². The first-order valence-electron chi connectivity index (χ1n) is 6.77. The second-order valence-electron chi connectivity index (χ2n) is 4.77. The van der Waals surface area contributed by atoms with Crippen LogP contribution >= 0.6 is 11.6 Å². The van der Waals surface area contributed by atoms with Crippen LogP contribution in [-0.4, -0.2) is 16.3 Å². The fourth-order valence-corrected chi connectivity index (χ4v) is 2.49. The minimum atomic E-state index is -0.378. The molecule has 1 aromatic heterocycles. The van der Waals surface area contributed by atoms with Crippen LogP contribution in [0.5, 0.6) is 0 Å². The maximum Gasteiger partial charge on any atom is 0.141 e. The summed E-state index contributed by atoms with van der Waals surface area (Å²) in [5.41, 5.74) is 2.20. The summed E-state index contributed by atoms with van der Waals surface area (Å²) in [6.45, 7) is 2.91. The first-order valence-corrected chi connectivity index (χ1v) is 7.14. The highest BCUT2D eigenvalue weighted by molar-refractivity contribution is 6.30. The Kier molecular flexibility index (Phi) is 5.15. The normalized spacial score (nSPS) is 12.6. The molecule has 0 fully saturated rings. The van der Waals surface area contributed by atoms with Crippen LogP contribution in [0.4, 0.5) is 4.39 Å². The Hall–Kier alpha value is -1.39. The zero-order chi connectivity index (χ0) is 14.5. The van der Waals surface area contributed by atoms with Gasteiger partial charge in [0.05, 0.1) is 5.02 Å². The number of benzene rings is 1. The third-order valence-corrected chi connectivity index (χ3v) is 3.70. The zero-order valence-corrected chi connectivity index (χ0v) is 12.5. The summed E-state index contributed by atoms with van der Waals surface area (Å²) < 4.78 is 15.1. The Bertz CT molecular complexity index is 568. The van der Waals surface area contributed by atoms with E-state index >= 15 is 0 Å². The van der Waals surface area contributed by atoms with Gasteiger partial charge in [-0.3, -0.25) is 4.68 Å². The second-order valence-corrected chi connectivity index (χ2v) is 5.18. The molecule has 2 rings (SSSR count). The van der Waals surface area contributed by atoms with E-state index in [1.807, 2.05) is 17.8 Å². The van der Waals surface area contributed by atoms with Crippen LogP contribution in [0.15, 0.2) is 30.5 Å². The molecule has 0 saturated heterocycles. The van der Waals surface area contributed by atoms with Crippen LogP contribution in [0.1, 0.15) is 30.6 Å². The molecule has 0 aliphatic carbocycles. The quantitative estimate of drug-likeness (QED) is 0.884. The highest BCUT2D eigenvalue weighted by Gasteiger charge is 2.13. The Morgan fingerprint density at radius 3 is 2.80 bits per heavy atom. The molecule has 1 aromatic carbocycles. The Labute approximate surface area is 123 Å². The Morgan fingerprint density at radius 2 is 2.20 bits per heavy atom. The summed E-state index contributed by atoms with van der Waals surface area (Å²) in [4.78, 5) is 0. The lowest BCUT2D eigenvalue weighted by Crippen LogP contribution is -2.22. The molecule has 0 saturated carbocycles. The topological polar surface area (TPSA) is 29.9 Å². The van der Waals surface area contributed by atoms with Crippen molar-refractivity contribution >= 4 is 11.6 Å². The lowest BCUT2D eigenvalue weighted by atomic mass is 10.0. The molecular weight excluding hydrogens is 277 g/mol. The zero-order valence-electron chi connectivity index (χ0n) is 11.7. The first kappa shape index (κ1) is 15.0. The van der Waals surface area contributed by atoms with Crippen LogP contribution in [0.25, 0.3) is 0 Å².